The first-order valence-corrected chi connectivity index (χ1v) is 11.1. The van der Waals surface area contributed by atoms with Gasteiger partial charge in [-0.15, -0.1) is 0 Å². The van der Waals surface area contributed by atoms with Crippen molar-refractivity contribution in [3.63, 3.8) is 0 Å². The van der Waals surface area contributed by atoms with Crippen molar-refractivity contribution in [2.45, 2.75) is 58.0 Å². The highest BCUT2D eigenvalue weighted by Gasteiger charge is 2.38. The molecule has 14 heteroatoms. The number of unbranched alkanes of at least 4 members (excludes halogenated alkanes) is 2. The second kappa shape index (κ2) is 13.0. The van der Waals surface area contributed by atoms with Gasteiger partial charge in [0.25, 0.3) is 5.91 Å². The van der Waals surface area contributed by atoms with Crippen LogP contribution in [0.1, 0.15) is 67.9 Å². The van der Waals surface area contributed by atoms with E-state index in [1.165, 1.54) is 0 Å². The highest BCUT2D eigenvalue weighted by atomic mass is 19.4. The molecule has 1 atom stereocenters. The van der Waals surface area contributed by atoms with Crippen molar-refractivity contribution in [1.82, 2.24) is 30.9 Å². The summed E-state index contributed by atoms with van der Waals surface area (Å²) in [6.07, 6.45) is 1.29. The van der Waals surface area contributed by atoms with Crippen LogP contribution in [0.25, 0.3) is 0 Å². The van der Waals surface area contributed by atoms with Gasteiger partial charge in [0.2, 0.25) is 18.3 Å². The molecule has 4 N–H and O–H groups in total. The first-order valence-electron chi connectivity index (χ1n) is 11.1. The van der Waals surface area contributed by atoms with E-state index in [2.05, 4.69) is 26.2 Å². The van der Waals surface area contributed by atoms with Crippen LogP contribution in [-0.2, 0) is 15.8 Å². The molecule has 11 nitrogen and oxygen atoms in total. The average molecular weight is 489 g/mol. The molecule has 0 aromatic carbocycles. The molecule has 2 rings (SSSR count). The number of carbonyl (C=O) groups excluding carboxylic acids is 3. The van der Waals surface area contributed by atoms with Crippen LogP contribution in [0.4, 0.5) is 19.1 Å². The summed E-state index contributed by atoms with van der Waals surface area (Å²) in [6.45, 7) is 2.75. The van der Waals surface area contributed by atoms with Gasteiger partial charge in [-0.05, 0) is 19.3 Å². The molecule has 1 aromatic heterocycles. The number of carbonyl (C=O) groups is 3. The molecule has 0 aliphatic carbocycles. The summed E-state index contributed by atoms with van der Waals surface area (Å²) >= 11 is 0. The zero-order valence-corrected chi connectivity index (χ0v) is 18.9. The van der Waals surface area contributed by atoms with Crippen molar-refractivity contribution >= 4 is 24.2 Å². The maximum Gasteiger partial charge on any atom is 0.434 e. The van der Waals surface area contributed by atoms with Crippen LogP contribution >= 0.6 is 0 Å². The summed E-state index contributed by atoms with van der Waals surface area (Å²) in [5.74, 6) is -3.02. The molecule has 0 unspecified atom stereocenters. The molecule has 2 heterocycles. The van der Waals surface area contributed by atoms with E-state index in [0.717, 1.165) is 38.3 Å². The summed E-state index contributed by atoms with van der Waals surface area (Å²) < 4.78 is 40.8. The quantitative estimate of drug-likeness (QED) is 0.152. The van der Waals surface area contributed by atoms with Gasteiger partial charge in [-0.3, -0.25) is 35.9 Å². The Morgan fingerprint density at radius 1 is 1.26 bits per heavy atom. The molecule has 0 spiro atoms. The van der Waals surface area contributed by atoms with Crippen LogP contribution in [0.3, 0.4) is 0 Å². The van der Waals surface area contributed by atoms with Crippen molar-refractivity contribution in [3.05, 3.63) is 17.5 Å². The first-order chi connectivity index (χ1) is 16.2. The maximum atomic E-state index is 13.6. The first kappa shape index (κ1) is 27.2. The summed E-state index contributed by atoms with van der Waals surface area (Å²) in [5, 5.41) is 11.3. The van der Waals surface area contributed by atoms with Crippen molar-refractivity contribution in [2.75, 3.05) is 25.1 Å². The molecule has 1 saturated heterocycles. The molecule has 0 radical (unpaired) electrons. The number of hydrogen-bond acceptors (Lipinski definition) is 8. The topological polar surface area (TPSA) is 140 Å². The number of hydrazine groups is 2. The van der Waals surface area contributed by atoms with Gasteiger partial charge in [0, 0.05) is 19.3 Å². The minimum absolute atomic E-state index is 0.153. The summed E-state index contributed by atoms with van der Waals surface area (Å²) in [7, 11) is 0. The van der Waals surface area contributed by atoms with Crippen LogP contribution in [0.5, 0.6) is 0 Å². The van der Waals surface area contributed by atoms with Crippen molar-refractivity contribution in [1.29, 1.82) is 0 Å². The highest BCUT2D eigenvalue weighted by molar-refractivity contribution is 5.95. The Bertz CT molecular complexity index is 835. The van der Waals surface area contributed by atoms with E-state index >= 15 is 0 Å². The Morgan fingerprint density at radius 2 is 1.97 bits per heavy atom. The second-order valence-corrected chi connectivity index (χ2v) is 7.98. The molecule has 0 bridgehead atoms. The molecular weight excluding hydrogens is 459 g/mol. The zero-order valence-electron chi connectivity index (χ0n) is 18.9. The average Bonchev–Trinajstić information content (AvgIpc) is 2.81. The lowest BCUT2D eigenvalue weighted by Gasteiger charge is -2.27. The van der Waals surface area contributed by atoms with Crippen LogP contribution in [0, 0.1) is 5.92 Å². The largest absolute Gasteiger partial charge is 0.434 e. The number of piperidine rings is 1. The SMILES string of the molecule is CCCCC[C@H](CN(O)C=O)C(=O)NNc1ncc(C(=O)NN2CCCCC2)c(C(F)(F)F)n1. The summed E-state index contributed by atoms with van der Waals surface area (Å²) in [6, 6.07) is 0. The standard InChI is InChI=1S/C20H30F3N7O4/c1-2-3-5-8-14(12-30(34)13-31)17(32)26-27-19-24-11-15(16(25-19)20(21,22)23)18(33)28-29-9-6-4-7-10-29/h11,13-14,34H,2-10,12H2,1H3,(H,26,32)(H,28,33)(H,24,25,27)/t14-/m1/s1. The number of anilines is 1. The number of nitrogens with one attached hydrogen (secondary N) is 3. The Morgan fingerprint density at radius 3 is 2.59 bits per heavy atom. The van der Waals surface area contributed by atoms with Crippen LogP contribution in [0.15, 0.2) is 6.20 Å². The predicted octanol–water partition coefficient (Wildman–Crippen LogP) is 2.11. The molecule has 0 saturated carbocycles. The fourth-order valence-corrected chi connectivity index (χ4v) is 3.47. The van der Waals surface area contributed by atoms with Gasteiger partial charge in [-0.2, -0.15) is 13.2 Å². The lowest BCUT2D eigenvalue weighted by molar-refractivity contribution is -0.154. The third-order valence-corrected chi connectivity index (χ3v) is 5.27. The molecule has 1 aromatic rings. The van der Waals surface area contributed by atoms with E-state index in [-0.39, 0.29) is 13.0 Å². The Hall–Kier alpha value is -3.00. The van der Waals surface area contributed by atoms with E-state index in [4.69, 9.17) is 0 Å². The van der Waals surface area contributed by atoms with Crippen LogP contribution in [0.2, 0.25) is 0 Å². The lowest BCUT2D eigenvalue weighted by Crippen LogP contribution is -2.45. The highest BCUT2D eigenvalue weighted by Crippen LogP contribution is 2.30. The van der Waals surface area contributed by atoms with Gasteiger partial charge in [0.05, 0.1) is 18.0 Å². The zero-order chi connectivity index (χ0) is 25.1. The van der Waals surface area contributed by atoms with Crippen LogP contribution < -0.4 is 16.3 Å². The van der Waals surface area contributed by atoms with Gasteiger partial charge in [0.1, 0.15) is 0 Å². The van der Waals surface area contributed by atoms with E-state index in [0.29, 0.717) is 31.0 Å². The van der Waals surface area contributed by atoms with Gasteiger partial charge in [-0.25, -0.2) is 20.0 Å². The van der Waals surface area contributed by atoms with Gasteiger partial charge < -0.3 is 0 Å². The summed E-state index contributed by atoms with van der Waals surface area (Å²) in [5.41, 5.74) is 4.68. The van der Waals surface area contributed by atoms with E-state index in [9.17, 15) is 32.8 Å². The maximum absolute atomic E-state index is 13.6. The number of hydrogen-bond donors (Lipinski definition) is 4. The van der Waals surface area contributed by atoms with Crippen LogP contribution in [-0.4, -0.2) is 63.1 Å². The Kier molecular flexibility index (Phi) is 10.4. The van der Waals surface area contributed by atoms with E-state index < -0.39 is 41.1 Å². The van der Waals surface area contributed by atoms with Gasteiger partial charge in [-0.1, -0.05) is 32.6 Å². The number of alkyl halides is 3. The monoisotopic (exact) mass is 489 g/mol. The Labute approximate surface area is 195 Å². The second-order valence-electron chi connectivity index (χ2n) is 7.98. The van der Waals surface area contributed by atoms with Gasteiger partial charge in [0.15, 0.2) is 5.69 Å². The van der Waals surface area contributed by atoms with Crippen molar-refractivity contribution in [2.24, 2.45) is 5.92 Å². The number of hydroxylamine groups is 2. The molecule has 34 heavy (non-hydrogen) atoms. The predicted molar refractivity (Wildman–Crippen MR) is 114 cm³/mol. The van der Waals surface area contributed by atoms with Crippen molar-refractivity contribution < 1.29 is 32.8 Å². The minimum atomic E-state index is -4.94. The molecule has 190 valence electrons. The molecular formula is C20H30F3N7O4. The van der Waals surface area contributed by atoms with Crippen molar-refractivity contribution in [3.8, 4) is 0 Å². The third-order valence-electron chi connectivity index (χ3n) is 5.27. The molecule has 1 aliphatic heterocycles. The molecule has 1 aliphatic rings. The molecule has 1 fully saturated rings. The van der Waals surface area contributed by atoms with E-state index in [1.54, 1.807) is 5.01 Å². The van der Waals surface area contributed by atoms with Gasteiger partial charge >= 0.3 is 6.18 Å². The summed E-state index contributed by atoms with van der Waals surface area (Å²) in [4.78, 5) is 42.7. The Balaban J connectivity index is 2.10. The lowest BCUT2D eigenvalue weighted by atomic mass is 10.0. The third kappa shape index (κ3) is 8.41. The number of rotatable bonds is 12. The number of halogens is 3. The number of amides is 3. The number of nitrogens with zero attached hydrogens (tertiary/aromatic N) is 4. The fraction of sp³-hybridized carbons (Fsp3) is 0.650. The molecule has 3 amide bonds. The fourth-order valence-electron chi connectivity index (χ4n) is 3.47. The minimum Gasteiger partial charge on any atom is -0.286 e. The van der Waals surface area contributed by atoms with E-state index in [1.807, 2.05) is 6.92 Å². The number of aromatic nitrogens is 2. The normalized spacial score (nSPS) is 15.3. The smallest absolute Gasteiger partial charge is 0.286 e.